The van der Waals surface area contributed by atoms with Gasteiger partial charge in [0.05, 0.1) is 25.3 Å². The van der Waals surface area contributed by atoms with Crippen molar-refractivity contribution in [3.8, 4) is 11.5 Å². The van der Waals surface area contributed by atoms with Crippen molar-refractivity contribution in [3.63, 3.8) is 0 Å². The predicted molar refractivity (Wildman–Crippen MR) is 82.6 cm³/mol. The molecule has 2 aromatic rings. The number of imidazole rings is 1. The van der Waals surface area contributed by atoms with Gasteiger partial charge in [-0.05, 0) is 31.2 Å². The quantitative estimate of drug-likeness (QED) is 0.811. The molecule has 1 aromatic heterocycles. The van der Waals surface area contributed by atoms with E-state index in [0.29, 0.717) is 6.61 Å². The lowest BCUT2D eigenvalue weighted by atomic mass is 10.2. The maximum atomic E-state index is 5.93. The molecule has 1 aromatic carbocycles. The van der Waals surface area contributed by atoms with Crippen LogP contribution >= 0.6 is 0 Å². The molecule has 0 unspecified atom stereocenters. The van der Waals surface area contributed by atoms with E-state index < -0.39 is 0 Å². The fraction of sp³-hybridized carbons (Fsp3) is 0.438. The van der Waals surface area contributed by atoms with Crippen molar-refractivity contribution in [2.24, 2.45) is 0 Å². The van der Waals surface area contributed by atoms with Crippen LogP contribution in [-0.2, 0) is 19.7 Å². The van der Waals surface area contributed by atoms with E-state index in [9.17, 15) is 0 Å². The monoisotopic (exact) mass is 289 g/mol. The van der Waals surface area contributed by atoms with Crippen LogP contribution in [0.3, 0.4) is 0 Å². The molecule has 0 bridgehead atoms. The summed E-state index contributed by atoms with van der Waals surface area (Å²) in [4.78, 5) is 4.18. The molecule has 0 aliphatic heterocycles. The van der Waals surface area contributed by atoms with Gasteiger partial charge in [-0.1, -0.05) is 13.0 Å². The Hall–Kier alpha value is -2.01. The highest BCUT2D eigenvalue weighted by molar-refractivity contribution is 5.43. The Labute approximate surface area is 125 Å². The third-order valence-corrected chi connectivity index (χ3v) is 3.25. The molecule has 1 heterocycles. The Morgan fingerprint density at radius 3 is 2.86 bits per heavy atom. The summed E-state index contributed by atoms with van der Waals surface area (Å²) < 4.78 is 13.4. The first-order valence-corrected chi connectivity index (χ1v) is 7.21. The summed E-state index contributed by atoms with van der Waals surface area (Å²) in [5.41, 5.74) is 2.23. The molecular formula is C16H23N3O2. The van der Waals surface area contributed by atoms with Crippen LogP contribution in [0.25, 0.3) is 0 Å². The first kappa shape index (κ1) is 15.4. The number of aromatic nitrogens is 2. The molecule has 0 saturated carbocycles. The lowest BCUT2D eigenvalue weighted by molar-refractivity contribution is 0.275. The number of rotatable bonds is 8. The molecule has 1 N–H and O–H groups in total. The number of nitrogens with zero attached hydrogens (tertiary/aromatic N) is 2. The summed E-state index contributed by atoms with van der Waals surface area (Å²) in [6.07, 6.45) is 4.76. The van der Waals surface area contributed by atoms with Crippen LogP contribution in [0.1, 0.15) is 24.6 Å². The van der Waals surface area contributed by atoms with E-state index in [2.05, 4.69) is 21.8 Å². The summed E-state index contributed by atoms with van der Waals surface area (Å²) in [6, 6.07) is 5.98. The second kappa shape index (κ2) is 7.69. The van der Waals surface area contributed by atoms with E-state index in [-0.39, 0.29) is 0 Å². The zero-order valence-corrected chi connectivity index (χ0v) is 12.9. The van der Waals surface area contributed by atoms with Gasteiger partial charge < -0.3 is 19.4 Å². The van der Waals surface area contributed by atoms with E-state index >= 15 is 0 Å². The van der Waals surface area contributed by atoms with Crippen molar-refractivity contribution in [2.75, 3.05) is 14.2 Å². The Morgan fingerprint density at radius 1 is 1.29 bits per heavy atom. The number of methoxy groups -OCH3 is 1. The standard InChI is InChI=1S/C16H23N3O2/c1-4-7-19-12-18-10-14(19)11-21-16-8-13(9-17-2)5-6-15(16)20-3/h5-6,8,10,12,17H,4,7,9,11H2,1-3H3. The van der Waals surface area contributed by atoms with Crippen LogP contribution < -0.4 is 14.8 Å². The average Bonchev–Trinajstić information content (AvgIpc) is 2.93. The molecular weight excluding hydrogens is 266 g/mol. The molecule has 0 aliphatic carbocycles. The molecule has 0 amide bonds. The Bertz CT molecular complexity index is 566. The third kappa shape index (κ3) is 3.98. The highest BCUT2D eigenvalue weighted by Gasteiger charge is 2.08. The minimum Gasteiger partial charge on any atom is -0.493 e. The van der Waals surface area contributed by atoms with Crippen molar-refractivity contribution in [2.45, 2.75) is 33.0 Å². The molecule has 5 nitrogen and oxygen atoms in total. The normalized spacial score (nSPS) is 10.6. The molecule has 114 valence electrons. The topological polar surface area (TPSA) is 48.3 Å². The number of hydrogen-bond donors (Lipinski definition) is 1. The summed E-state index contributed by atoms with van der Waals surface area (Å²) in [5.74, 6) is 1.51. The van der Waals surface area contributed by atoms with E-state index in [1.165, 1.54) is 0 Å². The van der Waals surface area contributed by atoms with Crippen LogP contribution in [-0.4, -0.2) is 23.7 Å². The predicted octanol–water partition coefficient (Wildman–Crippen LogP) is 2.60. The Morgan fingerprint density at radius 2 is 2.14 bits per heavy atom. The minimum atomic E-state index is 0.485. The third-order valence-electron chi connectivity index (χ3n) is 3.25. The molecule has 0 fully saturated rings. The molecule has 0 aliphatic rings. The van der Waals surface area contributed by atoms with Gasteiger partial charge in [0.25, 0.3) is 0 Å². The highest BCUT2D eigenvalue weighted by Crippen LogP contribution is 2.28. The van der Waals surface area contributed by atoms with E-state index in [1.54, 1.807) is 7.11 Å². The van der Waals surface area contributed by atoms with Gasteiger partial charge in [0.15, 0.2) is 11.5 Å². The maximum Gasteiger partial charge on any atom is 0.162 e. The SMILES string of the molecule is CCCn1cncc1COc1cc(CNC)ccc1OC. The van der Waals surface area contributed by atoms with Crippen LogP contribution in [0.15, 0.2) is 30.7 Å². The molecule has 5 heteroatoms. The maximum absolute atomic E-state index is 5.93. The van der Waals surface area contributed by atoms with Gasteiger partial charge in [0.2, 0.25) is 0 Å². The zero-order chi connectivity index (χ0) is 15.1. The average molecular weight is 289 g/mol. The fourth-order valence-electron chi connectivity index (χ4n) is 2.21. The number of ether oxygens (including phenoxy) is 2. The second-order valence-electron chi connectivity index (χ2n) is 4.88. The Balaban J connectivity index is 2.10. The lowest BCUT2D eigenvalue weighted by Gasteiger charge is -2.13. The van der Waals surface area contributed by atoms with Crippen LogP contribution in [0, 0.1) is 0 Å². The highest BCUT2D eigenvalue weighted by atomic mass is 16.5. The summed E-state index contributed by atoms with van der Waals surface area (Å²) in [6.45, 7) is 4.39. The zero-order valence-electron chi connectivity index (χ0n) is 12.9. The van der Waals surface area contributed by atoms with Gasteiger partial charge in [-0.3, -0.25) is 0 Å². The van der Waals surface area contributed by atoms with Gasteiger partial charge in [-0.2, -0.15) is 0 Å². The fourth-order valence-corrected chi connectivity index (χ4v) is 2.21. The largest absolute Gasteiger partial charge is 0.493 e. The molecule has 21 heavy (non-hydrogen) atoms. The lowest BCUT2D eigenvalue weighted by Crippen LogP contribution is -2.07. The van der Waals surface area contributed by atoms with Crippen molar-refractivity contribution < 1.29 is 9.47 Å². The molecule has 0 saturated heterocycles. The van der Waals surface area contributed by atoms with Crippen LogP contribution in [0.5, 0.6) is 11.5 Å². The van der Waals surface area contributed by atoms with Crippen molar-refractivity contribution in [1.29, 1.82) is 0 Å². The van der Waals surface area contributed by atoms with Crippen molar-refractivity contribution >= 4 is 0 Å². The number of aryl methyl sites for hydroxylation is 1. The van der Waals surface area contributed by atoms with E-state index in [0.717, 1.165) is 42.3 Å². The number of nitrogens with one attached hydrogen (secondary N) is 1. The second-order valence-corrected chi connectivity index (χ2v) is 4.88. The van der Waals surface area contributed by atoms with Crippen molar-refractivity contribution in [3.05, 3.63) is 42.0 Å². The number of hydrogen-bond acceptors (Lipinski definition) is 4. The summed E-state index contributed by atoms with van der Waals surface area (Å²) in [5, 5.41) is 3.13. The molecule has 0 radical (unpaired) electrons. The molecule has 2 rings (SSSR count). The molecule has 0 spiro atoms. The Kier molecular flexibility index (Phi) is 5.63. The van der Waals surface area contributed by atoms with Gasteiger partial charge in [0.1, 0.15) is 6.61 Å². The summed E-state index contributed by atoms with van der Waals surface area (Å²) >= 11 is 0. The molecule has 0 atom stereocenters. The van der Waals surface area contributed by atoms with Gasteiger partial charge in [-0.25, -0.2) is 4.98 Å². The van der Waals surface area contributed by atoms with Crippen LogP contribution in [0.4, 0.5) is 0 Å². The minimum absolute atomic E-state index is 0.485. The van der Waals surface area contributed by atoms with Crippen molar-refractivity contribution in [1.82, 2.24) is 14.9 Å². The smallest absolute Gasteiger partial charge is 0.162 e. The van der Waals surface area contributed by atoms with Crippen LogP contribution in [0.2, 0.25) is 0 Å². The number of benzene rings is 1. The summed E-state index contributed by atoms with van der Waals surface area (Å²) in [7, 11) is 3.58. The van der Waals surface area contributed by atoms with Gasteiger partial charge in [-0.15, -0.1) is 0 Å². The van der Waals surface area contributed by atoms with Gasteiger partial charge in [0, 0.05) is 13.1 Å². The first-order valence-electron chi connectivity index (χ1n) is 7.21. The van der Waals surface area contributed by atoms with Gasteiger partial charge >= 0.3 is 0 Å². The first-order chi connectivity index (χ1) is 10.3. The van der Waals surface area contributed by atoms with E-state index in [4.69, 9.17) is 9.47 Å². The van der Waals surface area contributed by atoms with E-state index in [1.807, 2.05) is 37.8 Å².